The first-order chi connectivity index (χ1) is 6.66. The highest BCUT2D eigenvalue weighted by Gasteiger charge is 2.00. The van der Waals surface area contributed by atoms with Gasteiger partial charge in [-0.05, 0) is 33.2 Å². The van der Waals surface area contributed by atoms with E-state index in [9.17, 15) is 4.79 Å². The first-order valence-corrected chi connectivity index (χ1v) is 5.41. The Morgan fingerprint density at radius 2 is 2.00 bits per heavy atom. The summed E-state index contributed by atoms with van der Waals surface area (Å²) < 4.78 is 0. The zero-order valence-corrected chi connectivity index (χ0v) is 9.09. The molecule has 14 heavy (non-hydrogen) atoms. The summed E-state index contributed by atoms with van der Waals surface area (Å²) in [5.74, 6) is -0.683. The van der Waals surface area contributed by atoms with Gasteiger partial charge in [0, 0.05) is 12.5 Å². The van der Waals surface area contributed by atoms with Gasteiger partial charge in [0.1, 0.15) is 0 Å². The zero-order chi connectivity index (χ0) is 10.8. The molecule has 0 saturated carbocycles. The first-order valence-electron chi connectivity index (χ1n) is 5.41. The molecule has 0 saturated heterocycles. The van der Waals surface area contributed by atoms with Gasteiger partial charge in [0.2, 0.25) is 0 Å². The second kappa shape index (κ2) is 9.00. The molecule has 0 rings (SSSR count). The summed E-state index contributed by atoms with van der Waals surface area (Å²) in [5, 5.41) is 11.7. The lowest BCUT2D eigenvalue weighted by atomic mass is 10.1. The van der Waals surface area contributed by atoms with E-state index in [1.165, 1.54) is 6.42 Å². The van der Waals surface area contributed by atoms with Gasteiger partial charge in [-0.1, -0.05) is 19.3 Å². The molecule has 0 aliphatic rings. The van der Waals surface area contributed by atoms with Crippen LogP contribution in [0.5, 0.6) is 0 Å². The van der Waals surface area contributed by atoms with E-state index >= 15 is 0 Å². The third kappa shape index (κ3) is 9.52. The molecule has 3 heteroatoms. The highest BCUT2D eigenvalue weighted by molar-refractivity contribution is 5.66. The maximum absolute atomic E-state index is 10.2. The van der Waals surface area contributed by atoms with Gasteiger partial charge in [-0.15, -0.1) is 0 Å². The average Bonchev–Trinajstić information content (AvgIpc) is 2.11. The average molecular weight is 200 g/mol. The number of unbranched alkanes of at least 4 members (excludes halogenated alkanes) is 3. The van der Waals surface area contributed by atoms with Gasteiger partial charge < -0.3 is 10.4 Å². The van der Waals surface area contributed by atoms with Gasteiger partial charge >= 0.3 is 5.97 Å². The molecule has 1 atom stereocenters. The quantitative estimate of drug-likeness (QED) is 0.561. The Balaban J connectivity index is 3.09. The zero-order valence-electron chi connectivity index (χ0n) is 9.09. The summed E-state index contributed by atoms with van der Waals surface area (Å²) in [5.41, 5.74) is 0. The number of carboxylic acid groups (broad SMARTS) is 1. The summed E-state index contributed by atoms with van der Waals surface area (Å²) in [4.78, 5) is 10.2. The SMILES string of the molecule is [CH2]CNC(C)CCCCCCC(=O)O. The van der Waals surface area contributed by atoms with Crippen LogP contribution in [0.4, 0.5) is 0 Å². The Hall–Kier alpha value is -0.570. The molecule has 1 radical (unpaired) electrons. The first kappa shape index (κ1) is 13.4. The smallest absolute Gasteiger partial charge is 0.303 e. The Morgan fingerprint density at radius 3 is 2.57 bits per heavy atom. The summed E-state index contributed by atoms with van der Waals surface area (Å²) >= 11 is 0. The molecule has 3 nitrogen and oxygen atoms in total. The van der Waals surface area contributed by atoms with Gasteiger partial charge in [0.05, 0.1) is 0 Å². The Labute approximate surface area is 86.9 Å². The normalized spacial score (nSPS) is 12.7. The van der Waals surface area contributed by atoms with E-state index in [0.29, 0.717) is 12.5 Å². The fourth-order valence-electron chi connectivity index (χ4n) is 1.43. The van der Waals surface area contributed by atoms with Crippen LogP contribution in [0.2, 0.25) is 0 Å². The van der Waals surface area contributed by atoms with E-state index in [-0.39, 0.29) is 0 Å². The minimum Gasteiger partial charge on any atom is -0.481 e. The molecule has 2 N–H and O–H groups in total. The molecule has 0 bridgehead atoms. The third-order valence-electron chi connectivity index (χ3n) is 2.27. The number of hydrogen-bond acceptors (Lipinski definition) is 2. The molecule has 0 aliphatic heterocycles. The minimum atomic E-state index is -0.683. The van der Waals surface area contributed by atoms with Crippen molar-refractivity contribution in [1.29, 1.82) is 0 Å². The van der Waals surface area contributed by atoms with E-state index in [4.69, 9.17) is 5.11 Å². The van der Waals surface area contributed by atoms with Crippen LogP contribution < -0.4 is 5.32 Å². The number of nitrogens with one attached hydrogen (secondary N) is 1. The predicted octanol–water partition coefficient (Wildman–Crippen LogP) is 2.22. The van der Waals surface area contributed by atoms with Crippen LogP contribution in [0.3, 0.4) is 0 Å². The maximum atomic E-state index is 10.2. The largest absolute Gasteiger partial charge is 0.481 e. The van der Waals surface area contributed by atoms with E-state index in [1.807, 2.05) is 0 Å². The van der Waals surface area contributed by atoms with Crippen molar-refractivity contribution in [3.63, 3.8) is 0 Å². The van der Waals surface area contributed by atoms with Crippen LogP contribution in [0.15, 0.2) is 0 Å². The molecule has 0 aromatic carbocycles. The van der Waals surface area contributed by atoms with E-state index in [1.54, 1.807) is 0 Å². The van der Waals surface area contributed by atoms with Crippen molar-refractivity contribution in [3.05, 3.63) is 6.92 Å². The number of carbonyl (C=O) groups is 1. The Bertz CT molecular complexity index is 148. The van der Waals surface area contributed by atoms with E-state index in [2.05, 4.69) is 19.2 Å². The number of aliphatic carboxylic acids is 1. The van der Waals surface area contributed by atoms with Gasteiger partial charge in [-0.3, -0.25) is 4.79 Å². The van der Waals surface area contributed by atoms with Gasteiger partial charge in [-0.2, -0.15) is 0 Å². The van der Waals surface area contributed by atoms with Crippen LogP contribution in [-0.2, 0) is 4.79 Å². The lowest BCUT2D eigenvalue weighted by Gasteiger charge is -2.11. The van der Waals surface area contributed by atoms with Crippen LogP contribution in [0.25, 0.3) is 0 Å². The topological polar surface area (TPSA) is 49.3 Å². The summed E-state index contributed by atoms with van der Waals surface area (Å²) in [7, 11) is 0. The van der Waals surface area contributed by atoms with Crippen molar-refractivity contribution in [2.24, 2.45) is 0 Å². The van der Waals surface area contributed by atoms with Gasteiger partial charge in [-0.25, -0.2) is 0 Å². The van der Waals surface area contributed by atoms with Crippen LogP contribution >= 0.6 is 0 Å². The molecule has 1 unspecified atom stereocenters. The molecule has 0 aromatic rings. The molecule has 0 fully saturated rings. The van der Waals surface area contributed by atoms with Crippen molar-refractivity contribution >= 4 is 5.97 Å². The molecule has 0 aliphatic carbocycles. The highest BCUT2D eigenvalue weighted by Crippen LogP contribution is 2.07. The predicted molar refractivity (Wildman–Crippen MR) is 58.2 cm³/mol. The van der Waals surface area contributed by atoms with Crippen molar-refractivity contribution in [1.82, 2.24) is 5.32 Å². The van der Waals surface area contributed by atoms with Crippen molar-refractivity contribution in [3.8, 4) is 0 Å². The van der Waals surface area contributed by atoms with Gasteiger partial charge in [0.15, 0.2) is 0 Å². The lowest BCUT2D eigenvalue weighted by Crippen LogP contribution is -2.25. The molecule has 0 heterocycles. The molecular weight excluding hydrogens is 178 g/mol. The fraction of sp³-hybridized carbons (Fsp3) is 0.818. The van der Waals surface area contributed by atoms with Crippen LogP contribution in [0.1, 0.15) is 45.4 Å². The molecular formula is C11H22NO2. The lowest BCUT2D eigenvalue weighted by molar-refractivity contribution is -0.137. The second-order valence-electron chi connectivity index (χ2n) is 3.70. The Kier molecular flexibility index (Phi) is 8.64. The van der Waals surface area contributed by atoms with Crippen molar-refractivity contribution in [2.45, 2.75) is 51.5 Å². The third-order valence-corrected chi connectivity index (χ3v) is 2.27. The molecule has 0 aromatic heterocycles. The molecule has 0 spiro atoms. The minimum absolute atomic E-state index is 0.312. The van der Waals surface area contributed by atoms with E-state index < -0.39 is 5.97 Å². The Morgan fingerprint density at radius 1 is 1.36 bits per heavy atom. The van der Waals surface area contributed by atoms with Gasteiger partial charge in [0.25, 0.3) is 0 Å². The van der Waals surface area contributed by atoms with Crippen molar-refractivity contribution in [2.75, 3.05) is 6.54 Å². The van der Waals surface area contributed by atoms with E-state index in [0.717, 1.165) is 32.2 Å². The highest BCUT2D eigenvalue weighted by atomic mass is 16.4. The van der Waals surface area contributed by atoms with Crippen LogP contribution in [-0.4, -0.2) is 23.7 Å². The number of carboxylic acids is 1. The summed E-state index contributed by atoms with van der Waals surface area (Å²) in [6.07, 6.45) is 5.62. The summed E-state index contributed by atoms with van der Waals surface area (Å²) in [6.45, 7) is 6.66. The van der Waals surface area contributed by atoms with Crippen molar-refractivity contribution < 1.29 is 9.90 Å². The molecule has 0 amide bonds. The maximum Gasteiger partial charge on any atom is 0.303 e. The second-order valence-corrected chi connectivity index (χ2v) is 3.70. The fourth-order valence-corrected chi connectivity index (χ4v) is 1.43. The standard InChI is InChI=1S/C11H22NO2/c1-3-12-10(2)8-6-4-5-7-9-11(13)14/h10,12H,1,3-9H2,2H3,(H,13,14). The monoisotopic (exact) mass is 200 g/mol. The van der Waals surface area contributed by atoms with Crippen LogP contribution in [0, 0.1) is 6.92 Å². The number of rotatable bonds is 9. The number of hydrogen-bond donors (Lipinski definition) is 2. The summed E-state index contributed by atoms with van der Waals surface area (Å²) in [6, 6.07) is 0.534. The molecule has 83 valence electrons.